The number of likely N-dealkylation sites (N-methyl/N-ethyl adjacent to an activating group) is 1. The van der Waals surface area contributed by atoms with Gasteiger partial charge in [-0.15, -0.1) is 17.8 Å². The van der Waals surface area contributed by atoms with E-state index >= 15 is 0 Å². The van der Waals surface area contributed by atoms with Crippen LogP contribution in [-0.2, 0) is 32.5 Å². The minimum Gasteiger partial charge on any atom is -0.378 e. The molecule has 0 spiro atoms. The normalized spacial score (nSPS) is 20.6. The number of H-pyrrole nitrogens is 1. The molecule has 41 heavy (non-hydrogen) atoms. The first-order valence-electron chi connectivity index (χ1n) is 13.7. The molecule has 1 atom stereocenters. The number of carbonyl (C=O) groups excluding carboxylic acids is 2. The third kappa shape index (κ3) is 5.50. The SMILES string of the molecule is C#Cc1ccc2[nH]c(S(=O)(=O)N3CCN(C(=O)c4nc5c(s4)CN(C)CC5)C(CC(=O)N4CCOCC4)C3)cc2c1. The van der Waals surface area contributed by atoms with Crippen LogP contribution >= 0.6 is 11.3 Å². The molecule has 2 saturated heterocycles. The van der Waals surface area contributed by atoms with Crippen LogP contribution < -0.4 is 0 Å². The number of ether oxygens (including phenoxy) is 1. The lowest BCUT2D eigenvalue weighted by Gasteiger charge is -2.41. The highest BCUT2D eigenvalue weighted by atomic mass is 32.2. The molecule has 1 N–H and O–H groups in total. The Bertz CT molecular complexity index is 1630. The van der Waals surface area contributed by atoms with E-state index in [1.807, 2.05) is 7.05 Å². The zero-order chi connectivity index (χ0) is 28.7. The van der Waals surface area contributed by atoms with E-state index in [4.69, 9.17) is 11.2 Å². The lowest BCUT2D eigenvalue weighted by molar-refractivity contribution is -0.136. The fourth-order valence-corrected chi connectivity index (χ4v) is 8.27. The standard InChI is InChI=1S/C28H32N6O5S2/c1-3-19-4-5-22-20(14-19)15-25(29-22)41(37,38)33-8-9-34(21(17-33)16-26(35)32-10-12-39-13-11-32)28(36)27-30-23-6-7-31(2)18-24(23)40-27/h1,4-5,14-15,21,29H,6-13,16-18H2,2H3. The summed E-state index contributed by atoms with van der Waals surface area (Å²) in [6.45, 7) is 3.77. The van der Waals surface area contributed by atoms with Gasteiger partial charge in [0, 0.05) is 80.0 Å². The van der Waals surface area contributed by atoms with Crippen LogP contribution in [-0.4, -0.2) is 115 Å². The summed E-state index contributed by atoms with van der Waals surface area (Å²) in [7, 11) is -1.89. The second-order valence-corrected chi connectivity index (χ2v) is 13.7. The number of nitrogens with one attached hydrogen (secondary N) is 1. The van der Waals surface area contributed by atoms with Gasteiger partial charge in [0.15, 0.2) is 5.01 Å². The Balaban J connectivity index is 1.27. The molecule has 0 bridgehead atoms. The first kappa shape index (κ1) is 27.9. The molecule has 3 aliphatic heterocycles. The first-order valence-corrected chi connectivity index (χ1v) is 15.9. The summed E-state index contributed by atoms with van der Waals surface area (Å²) in [5, 5.41) is 1.15. The van der Waals surface area contributed by atoms with Gasteiger partial charge in [0.1, 0.15) is 5.03 Å². The summed E-state index contributed by atoms with van der Waals surface area (Å²) in [5.41, 5.74) is 2.27. The first-order chi connectivity index (χ1) is 19.7. The largest absolute Gasteiger partial charge is 0.378 e. The minimum atomic E-state index is -3.93. The van der Waals surface area contributed by atoms with Crippen molar-refractivity contribution < 1.29 is 22.7 Å². The Morgan fingerprint density at radius 2 is 1.98 bits per heavy atom. The van der Waals surface area contributed by atoms with E-state index in [0.717, 1.165) is 30.1 Å². The number of aromatic nitrogens is 2. The number of aromatic amines is 1. The molecule has 0 aliphatic carbocycles. The summed E-state index contributed by atoms with van der Waals surface area (Å²) in [6.07, 6.45) is 6.31. The summed E-state index contributed by atoms with van der Waals surface area (Å²) < 4.78 is 34.3. The van der Waals surface area contributed by atoms with Crippen LogP contribution in [0.5, 0.6) is 0 Å². The number of nitrogens with zero attached hydrogens (tertiary/aromatic N) is 5. The fraction of sp³-hybridized carbons (Fsp3) is 0.464. The number of benzene rings is 1. The molecule has 0 saturated carbocycles. The quantitative estimate of drug-likeness (QED) is 0.442. The third-order valence-electron chi connectivity index (χ3n) is 7.97. The van der Waals surface area contributed by atoms with Crippen molar-refractivity contribution >= 4 is 44.1 Å². The van der Waals surface area contributed by atoms with Crippen LogP contribution in [0.2, 0.25) is 0 Å². The highest BCUT2D eigenvalue weighted by Crippen LogP contribution is 2.29. The molecule has 11 nitrogen and oxygen atoms in total. The fourth-order valence-electron chi connectivity index (χ4n) is 5.64. The molecule has 0 radical (unpaired) electrons. The van der Waals surface area contributed by atoms with Gasteiger partial charge < -0.3 is 24.4 Å². The molecule has 1 unspecified atom stereocenters. The number of piperazine rings is 1. The summed E-state index contributed by atoms with van der Waals surface area (Å²) >= 11 is 1.39. The van der Waals surface area contributed by atoms with Crippen LogP contribution in [0.1, 0.15) is 32.4 Å². The lowest BCUT2D eigenvalue weighted by atomic mass is 10.1. The Hall–Kier alpha value is -3.28. The molecule has 3 aromatic rings. The van der Waals surface area contributed by atoms with Crippen LogP contribution in [0.4, 0.5) is 0 Å². The Morgan fingerprint density at radius 3 is 2.76 bits per heavy atom. The van der Waals surface area contributed by atoms with E-state index in [2.05, 4.69) is 20.8 Å². The molecule has 1 aromatic carbocycles. The summed E-state index contributed by atoms with van der Waals surface area (Å²) in [6, 6.07) is 6.21. The molecule has 6 rings (SSSR count). The maximum absolute atomic E-state index is 13.8. The van der Waals surface area contributed by atoms with Gasteiger partial charge in [0.25, 0.3) is 15.9 Å². The number of fused-ring (bicyclic) bond motifs is 2. The van der Waals surface area contributed by atoms with Gasteiger partial charge in [-0.05, 0) is 31.3 Å². The molecular weight excluding hydrogens is 564 g/mol. The molecular formula is C28H32N6O5S2. The zero-order valence-electron chi connectivity index (χ0n) is 22.8. The second-order valence-electron chi connectivity index (χ2n) is 10.7. The Kier molecular flexibility index (Phi) is 7.60. The molecule has 13 heteroatoms. The van der Waals surface area contributed by atoms with Crippen molar-refractivity contribution in [2.75, 3.05) is 59.5 Å². The van der Waals surface area contributed by atoms with Crippen LogP contribution in [0, 0.1) is 12.3 Å². The Morgan fingerprint density at radius 1 is 1.17 bits per heavy atom. The van der Waals surface area contributed by atoms with E-state index in [1.165, 1.54) is 15.6 Å². The number of thiazole rings is 1. The molecule has 216 valence electrons. The van der Waals surface area contributed by atoms with E-state index in [1.54, 1.807) is 34.1 Å². The Labute approximate surface area is 243 Å². The van der Waals surface area contributed by atoms with E-state index in [9.17, 15) is 18.0 Å². The number of carbonyl (C=O) groups is 2. The number of morpholine rings is 1. The van der Waals surface area contributed by atoms with Crippen LogP contribution in [0.15, 0.2) is 29.3 Å². The number of sulfonamides is 1. The van der Waals surface area contributed by atoms with Gasteiger partial charge in [-0.2, -0.15) is 4.31 Å². The molecule has 3 aliphatic rings. The predicted octanol–water partition coefficient (Wildman–Crippen LogP) is 1.36. The van der Waals surface area contributed by atoms with Gasteiger partial charge in [0.05, 0.1) is 24.9 Å². The lowest BCUT2D eigenvalue weighted by Crippen LogP contribution is -2.58. The van der Waals surface area contributed by atoms with Crippen LogP contribution in [0.3, 0.4) is 0 Å². The average Bonchev–Trinajstić information content (AvgIpc) is 3.61. The second kappa shape index (κ2) is 11.2. The van der Waals surface area contributed by atoms with Crippen molar-refractivity contribution in [3.8, 4) is 12.3 Å². The maximum atomic E-state index is 13.8. The molecule has 5 heterocycles. The number of rotatable bonds is 5. The number of terminal acetylenes is 1. The van der Waals surface area contributed by atoms with Crippen LogP contribution in [0.25, 0.3) is 10.9 Å². The topological polar surface area (TPSA) is 119 Å². The predicted molar refractivity (Wildman–Crippen MR) is 154 cm³/mol. The van der Waals surface area contributed by atoms with Gasteiger partial charge >= 0.3 is 0 Å². The average molecular weight is 597 g/mol. The van der Waals surface area contributed by atoms with Gasteiger partial charge in [-0.3, -0.25) is 9.59 Å². The van der Waals surface area contributed by atoms with E-state index in [0.29, 0.717) is 47.8 Å². The van der Waals surface area contributed by atoms with E-state index < -0.39 is 16.1 Å². The van der Waals surface area contributed by atoms with Gasteiger partial charge in [0.2, 0.25) is 5.91 Å². The summed E-state index contributed by atoms with van der Waals surface area (Å²) in [4.78, 5) is 41.4. The maximum Gasteiger partial charge on any atom is 0.283 e. The van der Waals surface area contributed by atoms with Crippen molar-refractivity contribution in [3.05, 3.63) is 45.4 Å². The number of amides is 2. The summed E-state index contributed by atoms with van der Waals surface area (Å²) in [5.74, 6) is 2.19. The zero-order valence-corrected chi connectivity index (χ0v) is 24.5. The van der Waals surface area contributed by atoms with Crippen molar-refractivity contribution in [2.45, 2.75) is 30.5 Å². The van der Waals surface area contributed by atoms with Gasteiger partial charge in [-0.1, -0.05) is 5.92 Å². The molecule has 2 aromatic heterocycles. The molecule has 2 fully saturated rings. The number of hydrogen-bond donors (Lipinski definition) is 1. The van der Waals surface area contributed by atoms with Crippen molar-refractivity contribution in [1.82, 2.24) is 29.0 Å². The minimum absolute atomic E-state index is 0.00293. The third-order valence-corrected chi connectivity index (χ3v) is 10.8. The van der Waals surface area contributed by atoms with E-state index in [-0.39, 0.29) is 42.9 Å². The highest BCUT2D eigenvalue weighted by molar-refractivity contribution is 7.89. The van der Waals surface area contributed by atoms with Crippen molar-refractivity contribution in [2.24, 2.45) is 0 Å². The molecule has 2 amide bonds. The number of hydrogen-bond acceptors (Lipinski definition) is 8. The van der Waals surface area contributed by atoms with Crippen molar-refractivity contribution in [1.29, 1.82) is 0 Å². The highest BCUT2D eigenvalue weighted by Gasteiger charge is 2.40. The monoisotopic (exact) mass is 596 g/mol. The smallest absolute Gasteiger partial charge is 0.283 e. The van der Waals surface area contributed by atoms with Gasteiger partial charge in [-0.25, -0.2) is 13.4 Å². The van der Waals surface area contributed by atoms with Crippen molar-refractivity contribution in [3.63, 3.8) is 0 Å².